The summed E-state index contributed by atoms with van der Waals surface area (Å²) in [5.41, 5.74) is 1.88. The molecule has 0 N–H and O–H groups in total. The summed E-state index contributed by atoms with van der Waals surface area (Å²) >= 11 is 0. The van der Waals surface area contributed by atoms with E-state index in [0.29, 0.717) is 5.41 Å². The molecule has 1 aliphatic rings. The molecule has 0 spiro atoms. The van der Waals surface area contributed by atoms with E-state index < -0.39 is 0 Å². The molecule has 1 heterocycles. The van der Waals surface area contributed by atoms with Crippen LogP contribution in [0.25, 0.3) is 0 Å². The monoisotopic (exact) mass is 297 g/mol. The van der Waals surface area contributed by atoms with Gasteiger partial charge in [0.05, 0.1) is 0 Å². The van der Waals surface area contributed by atoms with Gasteiger partial charge >= 0.3 is 0 Å². The smallest absolute Gasteiger partial charge is 0.00153 e. The van der Waals surface area contributed by atoms with Crippen LogP contribution in [-0.4, -0.2) is 24.5 Å². The first-order valence-electron chi connectivity index (χ1n) is 6.44. The molecule has 0 radical (unpaired) electrons. The minimum atomic E-state index is 0. The summed E-state index contributed by atoms with van der Waals surface area (Å²) in [5.74, 6) is 0.739. The number of likely N-dealkylation sites (tertiary alicyclic amines) is 1. The molecule has 17 heavy (non-hydrogen) atoms. The molecule has 2 rings (SSSR count). The van der Waals surface area contributed by atoms with E-state index >= 15 is 0 Å². The van der Waals surface area contributed by atoms with Gasteiger partial charge in [0.15, 0.2) is 0 Å². The Morgan fingerprint density at radius 2 is 1.94 bits per heavy atom. The molecule has 1 aliphatic heterocycles. The molecule has 2 unspecified atom stereocenters. The maximum Gasteiger partial charge on any atom is 0.00153 e. The van der Waals surface area contributed by atoms with Gasteiger partial charge < -0.3 is 4.90 Å². The Kier molecular flexibility index (Phi) is 5.21. The SMILES string of the molecule is Br.CCN1CCC(C)(c2ccccc2)C(C)C1. The third-order valence-corrected chi connectivity index (χ3v) is 4.45. The lowest BCUT2D eigenvalue weighted by Crippen LogP contribution is -2.47. The van der Waals surface area contributed by atoms with Crippen LogP contribution in [0.5, 0.6) is 0 Å². The van der Waals surface area contributed by atoms with Crippen molar-refractivity contribution in [3.05, 3.63) is 35.9 Å². The topological polar surface area (TPSA) is 3.24 Å². The molecular formula is C15H24BrN. The molecule has 1 fully saturated rings. The lowest BCUT2D eigenvalue weighted by Gasteiger charge is -2.44. The number of benzene rings is 1. The van der Waals surface area contributed by atoms with Gasteiger partial charge in [-0.15, -0.1) is 17.0 Å². The van der Waals surface area contributed by atoms with Gasteiger partial charge in [-0.25, -0.2) is 0 Å². The van der Waals surface area contributed by atoms with E-state index in [1.807, 2.05) is 0 Å². The molecule has 0 aliphatic carbocycles. The second-order valence-electron chi connectivity index (χ2n) is 5.33. The number of nitrogens with zero attached hydrogens (tertiary/aromatic N) is 1. The molecule has 2 atom stereocenters. The summed E-state index contributed by atoms with van der Waals surface area (Å²) in [4.78, 5) is 2.56. The number of halogens is 1. The number of hydrogen-bond acceptors (Lipinski definition) is 1. The van der Waals surface area contributed by atoms with Crippen LogP contribution in [0.15, 0.2) is 30.3 Å². The maximum atomic E-state index is 2.56. The van der Waals surface area contributed by atoms with E-state index in [4.69, 9.17) is 0 Å². The minimum Gasteiger partial charge on any atom is -0.303 e. The van der Waals surface area contributed by atoms with E-state index in [9.17, 15) is 0 Å². The summed E-state index contributed by atoms with van der Waals surface area (Å²) in [6.07, 6.45) is 1.28. The van der Waals surface area contributed by atoms with Gasteiger partial charge in [-0.3, -0.25) is 0 Å². The fourth-order valence-corrected chi connectivity index (χ4v) is 2.85. The van der Waals surface area contributed by atoms with Crippen LogP contribution in [0.1, 0.15) is 32.8 Å². The highest BCUT2D eigenvalue weighted by atomic mass is 79.9. The Morgan fingerprint density at radius 1 is 1.29 bits per heavy atom. The zero-order valence-corrected chi connectivity index (χ0v) is 12.9. The van der Waals surface area contributed by atoms with Gasteiger partial charge in [-0.1, -0.05) is 51.1 Å². The molecule has 1 aromatic rings. The average Bonchev–Trinajstić information content (AvgIpc) is 2.34. The van der Waals surface area contributed by atoms with Gasteiger partial charge in [0, 0.05) is 6.54 Å². The third-order valence-electron chi connectivity index (χ3n) is 4.45. The highest BCUT2D eigenvalue weighted by Gasteiger charge is 2.37. The van der Waals surface area contributed by atoms with Crippen LogP contribution < -0.4 is 0 Å². The summed E-state index contributed by atoms with van der Waals surface area (Å²) in [5, 5.41) is 0. The fraction of sp³-hybridized carbons (Fsp3) is 0.600. The predicted octanol–water partition coefficient (Wildman–Crippen LogP) is 3.88. The van der Waals surface area contributed by atoms with Crippen molar-refractivity contribution >= 4 is 17.0 Å². The van der Waals surface area contributed by atoms with Crippen molar-refractivity contribution in [1.82, 2.24) is 4.90 Å². The molecule has 0 aromatic heterocycles. The highest BCUT2D eigenvalue weighted by molar-refractivity contribution is 8.93. The molecule has 1 aromatic carbocycles. The summed E-state index contributed by atoms with van der Waals surface area (Å²) < 4.78 is 0. The van der Waals surface area contributed by atoms with Crippen molar-refractivity contribution in [3.8, 4) is 0 Å². The largest absolute Gasteiger partial charge is 0.303 e. The molecule has 0 saturated carbocycles. The van der Waals surface area contributed by atoms with E-state index in [1.165, 1.54) is 31.6 Å². The van der Waals surface area contributed by atoms with Crippen molar-refractivity contribution in [1.29, 1.82) is 0 Å². The van der Waals surface area contributed by atoms with Crippen molar-refractivity contribution in [3.63, 3.8) is 0 Å². The zero-order valence-electron chi connectivity index (χ0n) is 11.1. The van der Waals surface area contributed by atoms with Crippen LogP contribution >= 0.6 is 17.0 Å². The third kappa shape index (κ3) is 2.92. The van der Waals surface area contributed by atoms with Gasteiger partial charge in [0.25, 0.3) is 0 Å². The lowest BCUT2D eigenvalue weighted by molar-refractivity contribution is 0.116. The number of piperidine rings is 1. The second kappa shape index (κ2) is 6.01. The molecular weight excluding hydrogens is 274 g/mol. The number of hydrogen-bond donors (Lipinski definition) is 0. The first-order chi connectivity index (χ1) is 7.66. The maximum absolute atomic E-state index is 2.56. The van der Waals surface area contributed by atoms with E-state index in [-0.39, 0.29) is 17.0 Å². The normalized spacial score (nSPS) is 29.7. The van der Waals surface area contributed by atoms with E-state index in [1.54, 1.807) is 0 Å². The zero-order chi connectivity index (χ0) is 11.6. The summed E-state index contributed by atoms with van der Waals surface area (Å²) in [6, 6.07) is 11.0. The standard InChI is InChI=1S/C15H23N.BrH/c1-4-16-11-10-15(3,13(2)12-16)14-8-6-5-7-9-14;/h5-9,13H,4,10-12H2,1-3H3;1H. The van der Waals surface area contributed by atoms with E-state index in [0.717, 1.165) is 5.92 Å². The molecule has 1 saturated heterocycles. The Bertz CT molecular complexity index is 338. The van der Waals surface area contributed by atoms with Crippen molar-refractivity contribution in [2.45, 2.75) is 32.6 Å². The average molecular weight is 298 g/mol. The van der Waals surface area contributed by atoms with Gasteiger partial charge in [-0.2, -0.15) is 0 Å². The summed E-state index contributed by atoms with van der Waals surface area (Å²) in [7, 11) is 0. The molecule has 1 nitrogen and oxygen atoms in total. The molecule has 96 valence electrons. The Hall–Kier alpha value is -0.340. The Balaban J connectivity index is 0.00000144. The van der Waals surface area contributed by atoms with Gasteiger partial charge in [0.1, 0.15) is 0 Å². The molecule has 0 amide bonds. The molecule has 2 heteroatoms. The van der Waals surface area contributed by atoms with Crippen molar-refractivity contribution < 1.29 is 0 Å². The van der Waals surface area contributed by atoms with Gasteiger partial charge in [0.2, 0.25) is 0 Å². The molecule has 0 bridgehead atoms. The Labute approximate surface area is 116 Å². The van der Waals surface area contributed by atoms with Crippen LogP contribution in [-0.2, 0) is 5.41 Å². The van der Waals surface area contributed by atoms with Crippen LogP contribution in [0.3, 0.4) is 0 Å². The van der Waals surface area contributed by atoms with Crippen LogP contribution in [0.4, 0.5) is 0 Å². The summed E-state index contributed by atoms with van der Waals surface area (Å²) in [6.45, 7) is 10.8. The van der Waals surface area contributed by atoms with Crippen LogP contribution in [0, 0.1) is 5.92 Å². The van der Waals surface area contributed by atoms with Crippen molar-refractivity contribution in [2.24, 2.45) is 5.92 Å². The Morgan fingerprint density at radius 3 is 2.47 bits per heavy atom. The fourth-order valence-electron chi connectivity index (χ4n) is 2.85. The number of rotatable bonds is 2. The first-order valence-corrected chi connectivity index (χ1v) is 6.44. The van der Waals surface area contributed by atoms with Crippen molar-refractivity contribution in [2.75, 3.05) is 19.6 Å². The first kappa shape index (κ1) is 14.7. The quantitative estimate of drug-likeness (QED) is 0.801. The minimum absolute atomic E-state index is 0. The highest BCUT2D eigenvalue weighted by Crippen LogP contribution is 2.38. The van der Waals surface area contributed by atoms with Crippen LogP contribution in [0.2, 0.25) is 0 Å². The lowest BCUT2D eigenvalue weighted by atomic mass is 9.68. The second-order valence-corrected chi connectivity index (χ2v) is 5.33. The van der Waals surface area contributed by atoms with E-state index in [2.05, 4.69) is 56.0 Å². The predicted molar refractivity (Wildman–Crippen MR) is 80.0 cm³/mol. The van der Waals surface area contributed by atoms with Gasteiger partial charge in [-0.05, 0) is 36.4 Å².